The van der Waals surface area contributed by atoms with Crippen LogP contribution in [-0.4, -0.2) is 47.1 Å². The van der Waals surface area contributed by atoms with Crippen molar-refractivity contribution in [1.82, 2.24) is 25.1 Å². The van der Waals surface area contributed by atoms with Crippen molar-refractivity contribution in [3.8, 4) is 11.3 Å². The van der Waals surface area contributed by atoms with Gasteiger partial charge in [0.05, 0.1) is 17.1 Å². The monoisotopic (exact) mass is 472 g/mol. The SMILES string of the molecule is CCNC1N=CC=C(c2c(-c3ccc(F)cc3)nc3n2C(CN(C)Cc2cccc(C)c2)CC3)N1. The highest BCUT2D eigenvalue weighted by molar-refractivity contribution is 5.88. The Morgan fingerprint density at radius 3 is 2.80 bits per heavy atom. The molecule has 2 N–H and O–H groups in total. The molecule has 2 aliphatic rings. The number of fused-ring (bicyclic) bond motifs is 1. The first kappa shape index (κ1) is 23.5. The summed E-state index contributed by atoms with van der Waals surface area (Å²) < 4.78 is 16.1. The lowest BCUT2D eigenvalue weighted by Crippen LogP contribution is -2.41. The minimum Gasteiger partial charge on any atom is -0.350 e. The number of hydrogen-bond acceptors (Lipinski definition) is 5. The first-order valence-corrected chi connectivity index (χ1v) is 12.4. The lowest BCUT2D eigenvalue weighted by atomic mass is 10.1. The van der Waals surface area contributed by atoms with Crippen molar-refractivity contribution in [1.29, 1.82) is 0 Å². The van der Waals surface area contributed by atoms with Crippen LogP contribution in [0.1, 0.15) is 42.0 Å². The number of likely N-dealkylation sites (N-methyl/N-ethyl adjacent to an activating group) is 1. The minimum atomic E-state index is -0.243. The molecule has 7 heteroatoms. The molecule has 0 aliphatic carbocycles. The Balaban J connectivity index is 1.48. The Bertz CT molecular complexity index is 1240. The Kier molecular flexibility index (Phi) is 6.79. The third-order valence-corrected chi connectivity index (χ3v) is 6.65. The van der Waals surface area contributed by atoms with Gasteiger partial charge in [0.1, 0.15) is 11.6 Å². The van der Waals surface area contributed by atoms with E-state index in [-0.39, 0.29) is 12.1 Å². The summed E-state index contributed by atoms with van der Waals surface area (Å²) in [6, 6.07) is 15.6. The van der Waals surface area contributed by atoms with Gasteiger partial charge in [-0.25, -0.2) is 9.37 Å². The van der Waals surface area contributed by atoms with Crippen molar-refractivity contribution in [3.05, 3.63) is 83.1 Å². The predicted molar refractivity (Wildman–Crippen MR) is 140 cm³/mol. The van der Waals surface area contributed by atoms with Gasteiger partial charge >= 0.3 is 0 Å². The van der Waals surface area contributed by atoms with Crippen LogP contribution in [0, 0.1) is 12.7 Å². The smallest absolute Gasteiger partial charge is 0.173 e. The first-order chi connectivity index (χ1) is 17.0. The highest BCUT2D eigenvalue weighted by atomic mass is 19.1. The molecule has 0 radical (unpaired) electrons. The van der Waals surface area contributed by atoms with Crippen LogP contribution >= 0.6 is 0 Å². The Morgan fingerprint density at radius 2 is 2.03 bits per heavy atom. The maximum Gasteiger partial charge on any atom is 0.173 e. The van der Waals surface area contributed by atoms with Gasteiger partial charge in [-0.05, 0) is 62.8 Å². The largest absolute Gasteiger partial charge is 0.350 e. The van der Waals surface area contributed by atoms with Crippen molar-refractivity contribution >= 4 is 11.9 Å². The summed E-state index contributed by atoms with van der Waals surface area (Å²) in [7, 11) is 2.18. The van der Waals surface area contributed by atoms with Gasteiger partial charge in [0.15, 0.2) is 6.29 Å². The van der Waals surface area contributed by atoms with Crippen molar-refractivity contribution in [3.63, 3.8) is 0 Å². The standard InChI is InChI=1S/C28H33FN6/c1-4-30-28-31-15-14-24(32-28)27-26(21-8-10-22(29)11-9-21)33-25-13-12-23(35(25)27)18-34(3)17-20-7-5-6-19(2)16-20/h5-11,14-16,23,28,30,32H,4,12-13,17-18H2,1-3H3. The summed E-state index contributed by atoms with van der Waals surface area (Å²) in [4.78, 5) is 12.0. The number of benzene rings is 2. The number of halogens is 1. The van der Waals surface area contributed by atoms with Crippen LogP contribution in [-0.2, 0) is 13.0 Å². The van der Waals surface area contributed by atoms with Crippen LogP contribution in [0.2, 0.25) is 0 Å². The number of rotatable bonds is 8. The van der Waals surface area contributed by atoms with Crippen LogP contribution < -0.4 is 10.6 Å². The summed E-state index contributed by atoms with van der Waals surface area (Å²) in [5.74, 6) is 0.838. The molecular formula is C28H33FN6. The number of aryl methyl sites for hydroxylation is 2. The van der Waals surface area contributed by atoms with Crippen LogP contribution in [0.25, 0.3) is 17.0 Å². The van der Waals surface area contributed by atoms with Gasteiger partial charge in [-0.3, -0.25) is 10.3 Å². The van der Waals surface area contributed by atoms with Gasteiger partial charge in [0.25, 0.3) is 0 Å². The number of nitrogens with one attached hydrogen (secondary N) is 2. The molecule has 0 saturated heterocycles. The number of nitrogens with zero attached hydrogens (tertiary/aromatic N) is 4. The molecule has 182 valence electrons. The second-order valence-corrected chi connectivity index (χ2v) is 9.46. The second kappa shape index (κ2) is 10.1. The van der Waals surface area contributed by atoms with E-state index in [0.717, 1.165) is 60.9 Å². The lowest BCUT2D eigenvalue weighted by Gasteiger charge is -2.27. The molecule has 0 amide bonds. The molecular weight excluding hydrogens is 439 g/mol. The van der Waals surface area contributed by atoms with Crippen molar-refractivity contribution in [2.75, 3.05) is 20.1 Å². The van der Waals surface area contributed by atoms with E-state index in [0.29, 0.717) is 6.04 Å². The van der Waals surface area contributed by atoms with Crippen LogP contribution in [0.5, 0.6) is 0 Å². The summed E-state index contributed by atoms with van der Waals surface area (Å²) in [5.41, 5.74) is 6.44. The second-order valence-electron chi connectivity index (χ2n) is 9.46. The zero-order chi connectivity index (χ0) is 24.4. The lowest BCUT2D eigenvalue weighted by molar-refractivity contribution is 0.272. The van der Waals surface area contributed by atoms with Gasteiger partial charge in [-0.15, -0.1) is 0 Å². The van der Waals surface area contributed by atoms with Crippen molar-refractivity contribution in [2.45, 2.75) is 45.6 Å². The number of imidazole rings is 1. The molecule has 2 aliphatic heterocycles. The predicted octanol–water partition coefficient (Wildman–Crippen LogP) is 4.52. The fourth-order valence-electron chi connectivity index (χ4n) is 5.14. The highest BCUT2D eigenvalue weighted by Gasteiger charge is 2.32. The molecule has 3 heterocycles. The molecule has 2 atom stereocenters. The summed E-state index contributed by atoms with van der Waals surface area (Å²) in [6.45, 7) is 6.83. The number of aliphatic imine (C=N–C) groups is 1. The number of allylic oxidation sites excluding steroid dienone is 1. The third kappa shape index (κ3) is 5.06. The average molecular weight is 473 g/mol. The van der Waals surface area contributed by atoms with E-state index in [1.165, 1.54) is 23.3 Å². The fraction of sp³-hybridized carbons (Fsp3) is 0.357. The minimum absolute atomic E-state index is 0.184. The Hall–Kier alpha value is -3.29. The molecule has 2 aromatic carbocycles. The van der Waals surface area contributed by atoms with Crippen molar-refractivity contribution in [2.24, 2.45) is 4.99 Å². The van der Waals surface area contributed by atoms with Crippen LogP contribution in [0.15, 0.2) is 59.6 Å². The van der Waals surface area contributed by atoms with E-state index in [1.54, 1.807) is 0 Å². The van der Waals surface area contributed by atoms with E-state index < -0.39 is 0 Å². The van der Waals surface area contributed by atoms with E-state index in [1.807, 2.05) is 24.4 Å². The number of aromatic nitrogens is 2. The summed E-state index contributed by atoms with van der Waals surface area (Å²) in [5, 5.41) is 6.88. The molecule has 35 heavy (non-hydrogen) atoms. The first-order valence-electron chi connectivity index (χ1n) is 12.4. The van der Waals surface area contributed by atoms with E-state index in [4.69, 9.17) is 4.98 Å². The number of hydrogen-bond donors (Lipinski definition) is 2. The fourth-order valence-corrected chi connectivity index (χ4v) is 5.14. The summed E-state index contributed by atoms with van der Waals surface area (Å²) >= 11 is 0. The van der Waals surface area contributed by atoms with E-state index in [9.17, 15) is 4.39 Å². The Morgan fingerprint density at radius 1 is 1.20 bits per heavy atom. The normalized spacial score (nSPS) is 19.1. The topological polar surface area (TPSA) is 57.5 Å². The van der Waals surface area contributed by atoms with Crippen LogP contribution in [0.3, 0.4) is 0 Å². The van der Waals surface area contributed by atoms with E-state index >= 15 is 0 Å². The summed E-state index contributed by atoms with van der Waals surface area (Å²) in [6.07, 6.45) is 5.65. The van der Waals surface area contributed by atoms with Gasteiger partial charge in [-0.1, -0.05) is 36.8 Å². The van der Waals surface area contributed by atoms with Gasteiger partial charge in [0.2, 0.25) is 0 Å². The molecule has 3 aromatic rings. The molecule has 0 spiro atoms. The third-order valence-electron chi connectivity index (χ3n) is 6.65. The Labute approximate surface area is 206 Å². The molecule has 0 fully saturated rings. The zero-order valence-electron chi connectivity index (χ0n) is 20.6. The molecule has 6 nitrogen and oxygen atoms in total. The van der Waals surface area contributed by atoms with Gasteiger partial charge in [0, 0.05) is 37.3 Å². The highest BCUT2D eigenvalue weighted by Crippen LogP contribution is 2.37. The molecule has 0 bridgehead atoms. The molecule has 1 aromatic heterocycles. The van der Waals surface area contributed by atoms with Crippen molar-refractivity contribution < 1.29 is 4.39 Å². The van der Waals surface area contributed by atoms with Gasteiger partial charge < -0.3 is 14.8 Å². The maximum absolute atomic E-state index is 13.7. The average Bonchev–Trinajstić information content (AvgIpc) is 3.40. The quantitative estimate of drug-likeness (QED) is 0.506. The molecule has 0 saturated carbocycles. The molecule has 5 rings (SSSR count). The van der Waals surface area contributed by atoms with E-state index in [2.05, 4.69) is 70.3 Å². The zero-order valence-corrected chi connectivity index (χ0v) is 20.6. The maximum atomic E-state index is 13.7. The molecule has 2 unspecified atom stereocenters. The van der Waals surface area contributed by atoms with Crippen LogP contribution in [0.4, 0.5) is 4.39 Å². The van der Waals surface area contributed by atoms with Gasteiger partial charge in [-0.2, -0.15) is 0 Å².